The molecule has 0 radical (unpaired) electrons. The Kier molecular flexibility index (Phi) is 16.6. The van der Waals surface area contributed by atoms with Gasteiger partial charge in [0.2, 0.25) is 0 Å². The lowest BCUT2D eigenvalue weighted by molar-refractivity contribution is -0.894. The zero-order valence-corrected chi connectivity index (χ0v) is 23.4. The first kappa shape index (κ1) is 32.0. The molecule has 0 spiro atoms. The molecule has 0 aromatic heterocycles. The summed E-state index contributed by atoms with van der Waals surface area (Å²) in [6.07, 6.45) is 1.60. The van der Waals surface area contributed by atoms with Crippen molar-refractivity contribution in [3.05, 3.63) is 10.2 Å². The Morgan fingerprint density at radius 3 is 2.28 bits per heavy atom. The highest BCUT2D eigenvalue weighted by atomic mass is 127. The van der Waals surface area contributed by atoms with E-state index in [-0.39, 0.29) is 23.9 Å². The molecule has 10 heteroatoms. The highest BCUT2D eigenvalue weighted by molar-refractivity contribution is 14.1. The fourth-order valence-corrected chi connectivity index (χ4v) is 4.97. The average molecular weight is 591 g/mol. The van der Waals surface area contributed by atoms with Gasteiger partial charge in [0, 0.05) is 12.3 Å². The van der Waals surface area contributed by atoms with Gasteiger partial charge >= 0.3 is 5.97 Å². The number of aliphatic hydroxyl groups excluding tert-OH is 1. The Balaban J connectivity index is 0.00000118. The maximum Gasteiger partial charge on any atom is 0.306 e. The van der Waals surface area contributed by atoms with Crippen LogP contribution in [-0.2, 0) is 18.6 Å². The van der Waals surface area contributed by atoms with E-state index in [0.717, 1.165) is 6.42 Å². The summed E-state index contributed by atoms with van der Waals surface area (Å²) in [5.41, 5.74) is 0. The number of rotatable bonds is 12. The van der Waals surface area contributed by atoms with E-state index in [1.807, 2.05) is 36.4 Å². The number of hydrogen-bond acceptors (Lipinski definition) is 6. The van der Waals surface area contributed by atoms with E-state index >= 15 is 0 Å². The van der Waals surface area contributed by atoms with Crippen molar-refractivity contribution in [2.45, 2.75) is 85.5 Å². The third-order valence-electron chi connectivity index (χ3n) is 6.26. The molecule has 7 atom stereocenters. The number of cyclic esters (lactones) is 1. The Morgan fingerprint density at radius 1 is 1.28 bits per heavy atom. The van der Waals surface area contributed by atoms with Crippen molar-refractivity contribution < 1.29 is 38.4 Å². The fourth-order valence-electron chi connectivity index (χ4n) is 3.91. The summed E-state index contributed by atoms with van der Waals surface area (Å²) >= 11 is 1.96. The summed E-state index contributed by atoms with van der Waals surface area (Å²) in [6.45, 7) is 16.1. The second-order valence-corrected chi connectivity index (χ2v) is 10.5. The summed E-state index contributed by atoms with van der Waals surface area (Å²) in [6, 6.07) is 0. The molecule has 8 nitrogen and oxygen atoms in total. The van der Waals surface area contributed by atoms with Gasteiger partial charge in [0.25, 0.3) is 7.82 Å². The second-order valence-electron chi connectivity index (χ2n) is 8.62. The molecular formula is C22H43INO7P. The highest BCUT2D eigenvalue weighted by Crippen LogP contribution is 2.38. The first-order chi connectivity index (χ1) is 14.9. The van der Waals surface area contributed by atoms with Gasteiger partial charge in [-0.1, -0.05) is 43.4 Å². The molecule has 1 saturated heterocycles. The van der Waals surface area contributed by atoms with Gasteiger partial charge in [-0.25, -0.2) is 0 Å². The first-order valence-electron chi connectivity index (χ1n) is 11.6. The molecule has 1 aliphatic rings. The van der Waals surface area contributed by atoms with Crippen molar-refractivity contribution in [3.63, 3.8) is 0 Å². The van der Waals surface area contributed by atoms with E-state index in [1.54, 1.807) is 15.9 Å². The minimum absolute atomic E-state index is 0.0135. The van der Waals surface area contributed by atoms with Gasteiger partial charge in [-0.2, -0.15) is 0 Å². The number of aliphatic hydroxyl groups is 1. The number of ether oxygens (including phenoxy) is 1. The SMILES string of the molecule is CC[NH+](CC)CC.C[C@H]([C@H](CC[C@H](C)[C@@H]1OC(=O)CC[C@@H]1C)OP(=O)([O-])O)[C@@H](O)/C=C\I. The van der Waals surface area contributed by atoms with Crippen molar-refractivity contribution in [2.75, 3.05) is 19.6 Å². The molecule has 1 aliphatic heterocycles. The zero-order chi connectivity index (χ0) is 24.9. The summed E-state index contributed by atoms with van der Waals surface area (Å²) in [5.74, 6) is -0.489. The predicted molar refractivity (Wildman–Crippen MR) is 132 cm³/mol. The molecule has 0 aliphatic carbocycles. The molecule has 0 aromatic carbocycles. The minimum atomic E-state index is -4.92. The molecule has 1 rings (SSSR count). The normalized spacial score (nSPS) is 24.8. The number of carbonyl (C=O) groups is 1. The molecule has 0 amide bonds. The Labute approximate surface area is 207 Å². The van der Waals surface area contributed by atoms with E-state index < -0.39 is 25.9 Å². The highest BCUT2D eigenvalue weighted by Gasteiger charge is 2.33. The van der Waals surface area contributed by atoms with Crippen LogP contribution in [-0.4, -0.2) is 53.9 Å². The van der Waals surface area contributed by atoms with Gasteiger partial charge in [-0.05, 0) is 62.0 Å². The topological polar surface area (TPSA) is 121 Å². The molecule has 1 unspecified atom stereocenters. The van der Waals surface area contributed by atoms with Crippen LogP contribution in [0.25, 0.3) is 0 Å². The van der Waals surface area contributed by atoms with Gasteiger partial charge in [0.05, 0.1) is 31.8 Å². The molecule has 0 bridgehead atoms. The molecule has 1 heterocycles. The minimum Gasteiger partial charge on any atom is -0.756 e. The van der Waals surface area contributed by atoms with Crippen LogP contribution in [0.15, 0.2) is 10.2 Å². The predicted octanol–water partition coefficient (Wildman–Crippen LogP) is 2.47. The second kappa shape index (κ2) is 16.6. The molecule has 3 N–H and O–H groups in total. The Morgan fingerprint density at radius 2 is 1.84 bits per heavy atom. The van der Waals surface area contributed by atoms with E-state index in [4.69, 9.17) is 14.2 Å². The van der Waals surface area contributed by atoms with Crippen molar-refractivity contribution >= 4 is 36.4 Å². The Hall–Kier alpha value is -0.0300. The number of phosphoric acid groups is 1. The third kappa shape index (κ3) is 13.0. The number of quaternary nitrogens is 1. The van der Waals surface area contributed by atoms with Crippen molar-refractivity contribution in [1.82, 2.24) is 0 Å². The van der Waals surface area contributed by atoms with Crippen LogP contribution in [0.5, 0.6) is 0 Å². The molecule has 1 fully saturated rings. The maximum absolute atomic E-state index is 11.5. The first-order valence-corrected chi connectivity index (χ1v) is 14.3. The Bertz CT molecular complexity index is 591. The summed E-state index contributed by atoms with van der Waals surface area (Å²) in [4.78, 5) is 33.4. The number of carbonyl (C=O) groups excluding carboxylic acids is 1. The molecular weight excluding hydrogens is 548 g/mol. The van der Waals surface area contributed by atoms with E-state index in [0.29, 0.717) is 19.3 Å². The third-order valence-corrected chi connectivity index (χ3v) is 7.22. The molecule has 0 saturated carbocycles. The van der Waals surface area contributed by atoms with Crippen LogP contribution in [0, 0.1) is 17.8 Å². The summed E-state index contributed by atoms with van der Waals surface area (Å²) in [5, 5.41) is 10.1. The lowest BCUT2D eigenvalue weighted by Crippen LogP contribution is -3.11. The zero-order valence-electron chi connectivity index (χ0n) is 20.3. The average Bonchev–Trinajstić information content (AvgIpc) is 2.73. The van der Waals surface area contributed by atoms with Gasteiger partial charge in [-0.15, -0.1) is 0 Å². The van der Waals surface area contributed by atoms with Crippen molar-refractivity contribution in [3.8, 4) is 0 Å². The van der Waals surface area contributed by atoms with Crippen LogP contribution in [0.2, 0.25) is 0 Å². The lowest BCUT2D eigenvalue weighted by Gasteiger charge is -2.35. The largest absolute Gasteiger partial charge is 0.756 e. The van der Waals surface area contributed by atoms with Crippen LogP contribution in [0.1, 0.15) is 67.2 Å². The number of halogens is 1. The smallest absolute Gasteiger partial charge is 0.306 e. The standard InChI is InChI=1S/C16H28IO7P.C6H15N/c1-10(16-11(2)5-7-15(19)23-16)4-6-14(24-25(20,21)22)12(3)13(18)8-9-17;1-4-7(5-2)6-3/h8-14,16,18H,4-7H2,1-3H3,(H2,20,21,22);4-6H2,1-3H3/b9-8-;/t10-,11-,12-,13-,14-,16-;/m0./s1. The number of nitrogens with one attached hydrogen (secondary N) is 1. The van der Waals surface area contributed by atoms with Gasteiger partial charge in [-0.3, -0.25) is 9.36 Å². The summed E-state index contributed by atoms with van der Waals surface area (Å²) in [7, 11) is -4.92. The van der Waals surface area contributed by atoms with Gasteiger partial charge in [0.1, 0.15) is 6.10 Å². The maximum atomic E-state index is 11.5. The van der Waals surface area contributed by atoms with Crippen molar-refractivity contribution in [1.29, 1.82) is 0 Å². The fraction of sp³-hybridized carbons (Fsp3) is 0.864. The van der Waals surface area contributed by atoms with E-state index in [9.17, 15) is 19.4 Å². The van der Waals surface area contributed by atoms with Gasteiger partial charge < -0.3 is 29.1 Å². The molecule has 0 aromatic rings. The number of esters is 1. The van der Waals surface area contributed by atoms with E-state index in [2.05, 4.69) is 20.8 Å². The van der Waals surface area contributed by atoms with Crippen LogP contribution >= 0.6 is 30.4 Å². The molecule has 190 valence electrons. The van der Waals surface area contributed by atoms with Crippen LogP contribution < -0.4 is 9.79 Å². The van der Waals surface area contributed by atoms with Crippen LogP contribution in [0.3, 0.4) is 0 Å². The lowest BCUT2D eigenvalue weighted by atomic mass is 9.83. The van der Waals surface area contributed by atoms with Crippen LogP contribution in [0.4, 0.5) is 0 Å². The number of phosphoric ester groups is 1. The van der Waals surface area contributed by atoms with E-state index in [1.165, 1.54) is 25.7 Å². The molecule has 32 heavy (non-hydrogen) atoms. The number of hydrogen-bond donors (Lipinski definition) is 3. The summed E-state index contributed by atoms with van der Waals surface area (Å²) < 4.78 is 23.0. The monoisotopic (exact) mass is 591 g/mol. The quantitative estimate of drug-likeness (QED) is 0.181. The van der Waals surface area contributed by atoms with Gasteiger partial charge in [0.15, 0.2) is 0 Å². The van der Waals surface area contributed by atoms with Crippen molar-refractivity contribution in [2.24, 2.45) is 17.8 Å².